The number of cyclic esters (lactones) is 1. The van der Waals surface area contributed by atoms with E-state index in [0.29, 0.717) is 12.3 Å². The topological polar surface area (TPSA) is 49.8 Å². The first kappa shape index (κ1) is 11.7. The number of hydrogen-bond donors (Lipinski definition) is 1. The van der Waals surface area contributed by atoms with Crippen molar-refractivity contribution in [2.75, 3.05) is 13.1 Å². The van der Waals surface area contributed by atoms with Crippen LogP contribution in [-0.2, 0) is 4.74 Å². The quantitative estimate of drug-likeness (QED) is 0.796. The molecule has 1 aliphatic carbocycles. The molecule has 2 rings (SSSR count). The molecule has 0 bridgehead atoms. The van der Waals surface area contributed by atoms with E-state index in [2.05, 4.69) is 0 Å². The van der Waals surface area contributed by atoms with Crippen LogP contribution in [0.1, 0.15) is 39.5 Å². The fourth-order valence-electron chi connectivity index (χ4n) is 2.15. The average Bonchev–Trinajstić information content (AvgIpc) is 2.90. The lowest BCUT2D eigenvalue weighted by molar-refractivity contribution is -0.0255. The van der Waals surface area contributed by atoms with Gasteiger partial charge in [-0.3, -0.25) is 0 Å². The summed E-state index contributed by atoms with van der Waals surface area (Å²) in [6.45, 7) is 5.12. The van der Waals surface area contributed by atoms with Crippen LogP contribution in [0.3, 0.4) is 0 Å². The highest BCUT2D eigenvalue weighted by molar-refractivity contribution is 5.68. The molecule has 0 aromatic heterocycles. The molecule has 1 N–H and O–H groups in total. The highest BCUT2D eigenvalue weighted by atomic mass is 16.6. The number of carbonyl (C=O) groups is 1. The molecule has 1 aliphatic heterocycles. The van der Waals surface area contributed by atoms with Gasteiger partial charge < -0.3 is 14.7 Å². The van der Waals surface area contributed by atoms with Gasteiger partial charge in [-0.2, -0.15) is 0 Å². The molecule has 0 radical (unpaired) electrons. The van der Waals surface area contributed by atoms with Gasteiger partial charge in [-0.15, -0.1) is 0 Å². The number of rotatable bonds is 4. The van der Waals surface area contributed by atoms with Gasteiger partial charge in [-0.25, -0.2) is 4.79 Å². The second-order valence-corrected chi connectivity index (χ2v) is 5.70. The largest absolute Gasteiger partial charge is 0.446 e. The first-order valence-electron chi connectivity index (χ1n) is 6.12. The standard InChI is InChI=1S/C12H21NO3/c1-12(2,15)7-10-5-6-13(11(14)16-10)8-9-3-4-9/h9-10,15H,3-8H2,1-2H3. The third kappa shape index (κ3) is 3.37. The molecular formula is C12H21NO3. The molecule has 92 valence electrons. The molecule has 1 unspecified atom stereocenters. The van der Waals surface area contributed by atoms with E-state index >= 15 is 0 Å². The highest BCUT2D eigenvalue weighted by Gasteiger charge is 2.33. The Morgan fingerprint density at radius 1 is 1.44 bits per heavy atom. The molecule has 0 spiro atoms. The highest BCUT2D eigenvalue weighted by Crippen LogP contribution is 2.31. The molecule has 1 amide bonds. The summed E-state index contributed by atoms with van der Waals surface area (Å²) in [4.78, 5) is 13.5. The van der Waals surface area contributed by atoms with Gasteiger partial charge in [0.15, 0.2) is 0 Å². The third-order valence-electron chi connectivity index (χ3n) is 3.15. The predicted octanol–water partition coefficient (Wildman–Crippen LogP) is 1.77. The number of ether oxygens (including phenoxy) is 1. The lowest BCUT2D eigenvalue weighted by Gasteiger charge is -2.34. The van der Waals surface area contributed by atoms with Gasteiger partial charge in [0.05, 0.1) is 5.60 Å². The molecule has 4 heteroatoms. The molecule has 1 atom stereocenters. The SMILES string of the molecule is CC(C)(O)CC1CCN(CC2CC2)C(=O)O1. The molecule has 1 saturated heterocycles. The summed E-state index contributed by atoms with van der Waals surface area (Å²) in [7, 11) is 0. The van der Waals surface area contributed by atoms with Gasteiger partial charge in [0.1, 0.15) is 6.10 Å². The Morgan fingerprint density at radius 3 is 2.62 bits per heavy atom. The molecule has 1 saturated carbocycles. The van der Waals surface area contributed by atoms with Crippen molar-refractivity contribution in [3.8, 4) is 0 Å². The van der Waals surface area contributed by atoms with Gasteiger partial charge in [0.25, 0.3) is 0 Å². The van der Waals surface area contributed by atoms with Crippen LogP contribution in [0.4, 0.5) is 4.79 Å². The van der Waals surface area contributed by atoms with Crippen molar-refractivity contribution in [2.45, 2.75) is 51.2 Å². The van der Waals surface area contributed by atoms with Crippen LogP contribution in [0.25, 0.3) is 0 Å². The summed E-state index contributed by atoms with van der Waals surface area (Å²) in [5.41, 5.74) is -0.760. The van der Waals surface area contributed by atoms with Gasteiger partial charge in [0.2, 0.25) is 0 Å². The first-order valence-corrected chi connectivity index (χ1v) is 6.12. The summed E-state index contributed by atoms with van der Waals surface area (Å²) in [5, 5.41) is 9.67. The van der Waals surface area contributed by atoms with Crippen LogP contribution in [0.5, 0.6) is 0 Å². The van der Waals surface area contributed by atoms with E-state index in [4.69, 9.17) is 4.74 Å². The van der Waals surface area contributed by atoms with E-state index in [-0.39, 0.29) is 12.2 Å². The van der Waals surface area contributed by atoms with Gasteiger partial charge in [-0.05, 0) is 32.6 Å². The smallest absolute Gasteiger partial charge is 0.410 e. The number of hydrogen-bond acceptors (Lipinski definition) is 3. The van der Waals surface area contributed by atoms with Crippen molar-refractivity contribution in [1.82, 2.24) is 4.90 Å². The van der Waals surface area contributed by atoms with Crippen molar-refractivity contribution in [3.05, 3.63) is 0 Å². The van der Waals surface area contributed by atoms with Crippen LogP contribution in [0.2, 0.25) is 0 Å². The predicted molar refractivity (Wildman–Crippen MR) is 60.1 cm³/mol. The lowest BCUT2D eigenvalue weighted by Crippen LogP contribution is -2.44. The second kappa shape index (κ2) is 4.24. The minimum atomic E-state index is -0.760. The molecule has 16 heavy (non-hydrogen) atoms. The summed E-state index contributed by atoms with van der Waals surface area (Å²) in [6, 6.07) is 0. The second-order valence-electron chi connectivity index (χ2n) is 5.70. The summed E-state index contributed by atoms with van der Waals surface area (Å²) in [6.07, 6.45) is 3.53. The molecule has 0 aromatic rings. The van der Waals surface area contributed by atoms with Gasteiger partial charge >= 0.3 is 6.09 Å². The molecule has 2 fully saturated rings. The maximum Gasteiger partial charge on any atom is 0.410 e. The molecular weight excluding hydrogens is 206 g/mol. The zero-order valence-electron chi connectivity index (χ0n) is 10.1. The van der Waals surface area contributed by atoms with Crippen LogP contribution < -0.4 is 0 Å². The Morgan fingerprint density at radius 2 is 2.12 bits per heavy atom. The fourth-order valence-corrected chi connectivity index (χ4v) is 2.15. The van der Waals surface area contributed by atoms with Crippen molar-refractivity contribution in [3.63, 3.8) is 0 Å². The molecule has 0 aromatic carbocycles. The molecule has 2 aliphatic rings. The fraction of sp³-hybridized carbons (Fsp3) is 0.917. The monoisotopic (exact) mass is 227 g/mol. The molecule has 1 heterocycles. The lowest BCUT2D eigenvalue weighted by atomic mass is 9.98. The molecule has 4 nitrogen and oxygen atoms in total. The van der Waals surface area contributed by atoms with Crippen molar-refractivity contribution in [2.24, 2.45) is 5.92 Å². The normalized spacial score (nSPS) is 26.8. The van der Waals surface area contributed by atoms with Crippen LogP contribution in [0.15, 0.2) is 0 Å². The van der Waals surface area contributed by atoms with Gasteiger partial charge in [0, 0.05) is 25.9 Å². The average molecular weight is 227 g/mol. The van der Waals surface area contributed by atoms with Gasteiger partial charge in [-0.1, -0.05) is 0 Å². The van der Waals surface area contributed by atoms with Crippen LogP contribution in [0, 0.1) is 5.92 Å². The Hall–Kier alpha value is -0.770. The summed E-state index contributed by atoms with van der Waals surface area (Å²) in [5.74, 6) is 0.707. The van der Waals surface area contributed by atoms with E-state index in [1.54, 1.807) is 18.7 Å². The van der Waals surface area contributed by atoms with Crippen molar-refractivity contribution in [1.29, 1.82) is 0 Å². The number of nitrogens with zero attached hydrogens (tertiary/aromatic N) is 1. The van der Waals surface area contributed by atoms with E-state index in [9.17, 15) is 9.90 Å². The Kier molecular flexibility index (Phi) is 3.10. The minimum Gasteiger partial charge on any atom is -0.446 e. The number of amides is 1. The van der Waals surface area contributed by atoms with E-state index in [1.807, 2.05) is 0 Å². The summed E-state index contributed by atoms with van der Waals surface area (Å²) < 4.78 is 5.33. The Labute approximate surface area is 96.6 Å². The van der Waals surface area contributed by atoms with E-state index < -0.39 is 5.60 Å². The van der Waals surface area contributed by atoms with Crippen LogP contribution >= 0.6 is 0 Å². The number of carbonyl (C=O) groups excluding carboxylic acids is 1. The Balaban J connectivity index is 1.79. The van der Waals surface area contributed by atoms with Crippen molar-refractivity contribution < 1.29 is 14.6 Å². The third-order valence-corrected chi connectivity index (χ3v) is 3.15. The zero-order chi connectivity index (χ0) is 11.8. The maximum absolute atomic E-state index is 11.7. The van der Waals surface area contributed by atoms with Crippen molar-refractivity contribution >= 4 is 6.09 Å². The minimum absolute atomic E-state index is 0.122. The van der Waals surface area contributed by atoms with Crippen LogP contribution in [-0.4, -0.2) is 40.9 Å². The van der Waals surface area contributed by atoms with E-state index in [1.165, 1.54) is 12.8 Å². The van der Waals surface area contributed by atoms with E-state index in [0.717, 1.165) is 19.5 Å². The Bertz CT molecular complexity index is 268. The zero-order valence-corrected chi connectivity index (χ0v) is 10.1. The maximum atomic E-state index is 11.7. The number of aliphatic hydroxyl groups is 1. The summed E-state index contributed by atoms with van der Waals surface area (Å²) >= 11 is 0. The first-order chi connectivity index (χ1) is 7.44.